The fraction of sp³-hybridized carbons (Fsp3) is 0.846. The van der Waals surface area contributed by atoms with Gasteiger partial charge in [-0.05, 0) is 25.2 Å². The normalized spacial score (nSPS) is 17.2. The molecule has 0 amide bonds. The number of aromatic amines is 1. The van der Waals surface area contributed by atoms with Crippen LogP contribution in [0.5, 0.6) is 0 Å². The fourth-order valence-electron chi connectivity index (χ4n) is 2.47. The molecule has 1 fully saturated rings. The van der Waals surface area contributed by atoms with Crippen LogP contribution in [0.2, 0.25) is 0 Å². The summed E-state index contributed by atoms with van der Waals surface area (Å²) in [5.41, 5.74) is -0.0606. The Morgan fingerprint density at radius 3 is 2.89 bits per heavy atom. The van der Waals surface area contributed by atoms with E-state index < -0.39 is 0 Å². The molecule has 1 aromatic heterocycles. The van der Waals surface area contributed by atoms with E-state index >= 15 is 0 Å². The molecule has 1 aliphatic rings. The highest BCUT2D eigenvalue weighted by Gasteiger charge is 2.16. The Kier molecular flexibility index (Phi) is 5.35. The molecule has 0 atom stereocenters. The first kappa shape index (κ1) is 13.7. The molecule has 102 valence electrons. The molecular weight excluding hydrogens is 246 g/mol. The van der Waals surface area contributed by atoms with E-state index in [1.807, 2.05) is 0 Å². The van der Waals surface area contributed by atoms with Gasteiger partial charge in [0.1, 0.15) is 0 Å². The van der Waals surface area contributed by atoms with Crippen molar-refractivity contribution >= 4 is 11.8 Å². The molecule has 0 aliphatic heterocycles. The maximum atomic E-state index is 11.6. The minimum atomic E-state index is -0.0606. The highest BCUT2D eigenvalue weighted by molar-refractivity contribution is 7.99. The summed E-state index contributed by atoms with van der Waals surface area (Å²) in [4.78, 5) is 11.6. The number of nitrogens with zero attached hydrogens (tertiary/aromatic N) is 2. The quantitative estimate of drug-likeness (QED) is 0.808. The minimum absolute atomic E-state index is 0.0606. The maximum Gasteiger partial charge on any atom is 0.343 e. The van der Waals surface area contributed by atoms with Crippen LogP contribution in [0.1, 0.15) is 51.9 Å². The lowest BCUT2D eigenvalue weighted by Gasteiger charge is -2.20. The number of nitrogens with one attached hydrogen (secondary N) is 1. The molecule has 0 radical (unpaired) electrons. The smallest absolute Gasteiger partial charge is 0.270 e. The average molecular weight is 269 g/mol. The zero-order valence-electron chi connectivity index (χ0n) is 11.2. The van der Waals surface area contributed by atoms with E-state index in [2.05, 4.69) is 17.1 Å². The monoisotopic (exact) mass is 269 g/mol. The number of unbranched alkanes of at least 4 members (excludes halogenated alkanes) is 1. The van der Waals surface area contributed by atoms with Gasteiger partial charge in [-0.3, -0.25) is 4.57 Å². The average Bonchev–Trinajstić information content (AvgIpc) is 2.76. The predicted molar refractivity (Wildman–Crippen MR) is 75.1 cm³/mol. The van der Waals surface area contributed by atoms with Gasteiger partial charge >= 0.3 is 5.69 Å². The molecule has 1 aliphatic carbocycles. The number of aromatic nitrogens is 3. The zero-order valence-corrected chi connectivity index (χ0v) is 12.0. The molecule has 1 N–H and O–H groups in total. The molecule has 0 bridgehead atoms. The van der Waals surface area contributed by atoms with Gasteiger partial charge in [0.05, 0.1) is 0 Å². The van der Waals surface area contributed by atoms with Gasteiger partial charge in [-0.1, -0.05) is 44.4 Å². The van der Waals surface area contributed by atoms with Gasteiger partial charge in [0.15, 0.2) is 5.16 Å². The van der Waals surface area contributed by atoms with Crippen LogP contribution in [0, 0.1) is 5.92 Å². The highest BCUT2D eigenvalue weighted by Crippen LogP contribution is 2.28. The van der Waals surface area contributed by atoms with E-state index in [9.17, 15) is 4.79 Å². The van der Waals surface area contributed by atoms with E-state index in [-0.39, 0.29) is 5.69 Å². The third kappa shape index (κ3) is 3.64. The number of thioether (sulfide) groups is 1. The van der Waals surface area contributed by atoms with E-state index in [0.29, 0.717) is 0 Å². The zero-order chi connectivity index (χ0) is 12.8. The lowest BCUT2D eigenvalue weighted by atomic mass is 9.91. The van der Waals surface area contributed by atoms with Crippen LogP contribution in [0.4, 0.5) is 0 Å². The molecule has 2 rings (SSSR count). The Morgan fingerprint density at radius 1 is 1.39 bits per heavy atom. The lowest BCUT2D eigenvalue weighted by molar-refractivity contribution is 0.390. The predicted octanol–water partition coefficient (Wildman–Crippen LogP) is 3.04. The van der Waals surface area contributed by atoms with Gasteiger partial charge in [0, 0.05) is 12.3 Å². The summed E-state index contributed by atoms with van der Waals surface area (Å²) < 4.78 is 1.79. The Balaban J connectivity index is 1.89. The first-order valence-corrected chi connectivity index (χ1v) is 8.08. The summed E-state index contributed by atoms with van der Waals surface area (Å²) in [7, 11) is 0. The number of hydrogen-bond donors (Lipinski definition) is 1. The SMILES string of the molecule is CCCCn1c(SCC2CCCCC2)n[nH]c1=O. The topological polar surface area (TPSA) is 50.7 Å². The number of hydrogen-bond acceptors (Lipinski definition) is 3. The molecule has 1 heterocycles. The van der Waals surface area contributed by atoms with Gasteiger partial charge in [0.25, 0.3) is 0 Å². The van der Waals surface area contributed by atoms with Gasteiger partial charge in [-0.2, -0.15) is 0 Å². The Bertz CT molecular complexity index is 407. The first-order valence-electron chi connectivity index (χ1n) is 7.09. The van der Waals surface area contributed by atoms with Crippen molar-refractivity contribution in [2.75, 3.05) is 5.75 Å². The second kappa shape index (κ2) is 7.02. The van der Waals surface area contributed by atoms with E-state index in [4.69, 9.17) is 0 Å². The molecule has 0 aromatic carbocycles. The van der Waals surface area contributed by atoms with E-state index in [0.717, 1.165) is 36.2 Å². The molecule has 1 aromatic rings. The van der Waals surface area contributed by atoms with Crippen molar-refractivity contribution in [1.82, 2.24) is 14.8 Å². The second-order valence-electron chi connectivity index (χ2n) is 5.13. The van der Waals surface area contributed by atoms with Crippen LogP contribution >= 0.6 is 11.8 Å². The summed E-state index contributed by atoms with van der Waals surface area (Å²) in [6.07, 6.45) is 8.96. The Hall–Kier alpha value is -0.710. The number of rotatable bonds is 6. The summed E-state index contributed by atoms with van der Waals surface area (Å²) >= 11 is 1.75. The highest BCUT2D eigenvalue weighted by atomic mass is 32.2. The summed E-state index contributed by atoms with van der Waals surface area (Å²) in [6, 6.07) is 0. The third-order valence-electron chi connectivity index (χ3n) is 3.63. The van der Waals surface area contributed by atoms with Crippen LogP contribution in [-0.2, 0) is 6.54 Å². The molecule has 4 nitrogen and oxygen atoms in total. The largest absolute Gasteiger partial charge is 0.343 e. The second-order valence-corrected chi connectivity index (χ2v) is 6.12. The van der Waals surface area contributed by atoms with Gasteiger partial charge < -0.3 is 0 Å². The molecule has 0 saturated heterocycles. The summed E-state index contributed by atoms with van der Waals surface area (Å²) in [5.74, 6) is 1.92. The fourth-order valence-corrected chi connectivity index (χ4v) is 3.63. The maximum absolute atomic E-state index is 11.6. The number of H-pyrrole nitrogens is 1. The van der Waals surface area contributed by atoms with Crippen LogP contribution in [0.3, 0.4) is 0 Å². The van der Waals surface area contributed by atoms with Crippen LogP contribution in [0.25, 0.3) is 0 Å². The van der Waals surface area contributed by atoms with Crippen molar-refractivity contribution in [2.24, 2.45) is 5.92 Å². The summed E-state index contributed by atoms with van der Waals surface area (Å²) in [6.45, 7) is 2.93. The molecular formula is C13H23N3OS. The van der Waals surface area contributed by atoms with Gasteiger partial charge in [0.2, 0.25) is 0 Å². The van der Waals surface area contributed by atoms with Crippen molar-refractivity contribution in [3.63, 3.8) is 0 Å². The Morgan fingerprint density at radius 2 is 2.17 bits per heavy atom. The van der Waals surface area contributed by atoms with Crippen molar-refractivity contribution < 1.29 is 0 Å². The summed E-state index contributed by atoms with van der Waals surface area (Å²) in [5, 5.41) is 7.59. The van der Waals surface area contributed by atoms with Crippen molar-refractivity contribution in [1.29, 1.82) is 0 Å². The standard InChI is InChI=1S/C13H23N3OS/c1-2-3-9-16-12(17)14-15-13(16)18-10-11-7-5-4-6-8-11/h11H,2-10H2,1H3,(H,14,17). The van der Waals surface area contributed by atoms with Crippen LogP contribution in [-0.4, -0.2) is 20.5 Å². The van der Waals surface area contributed by atoms with Gasteiger partial charge in [-0.15, -0.1) is 5.10 Å². The molecule has 5 heteroatoms. The van der Waals surface area contributed by atoms with Crippen molar-refractivity contribution in [3.8, 4) is 0 Å². The van der Waals surface area contributed by atoms with Crippen molar-refractivity contribution in [2.45, 2.75) is 63.6 Å². The Labute approximate surface area is 113 Å². The molecule has 1 saturated carbocycles. The third-order valence-corrected chi connectivity index (χ3v) is 4.84. The van der Waals surface area contributed by atoms with Crippen LogP contribution < -0.4 is 5.69 Å². The van der Waals surface area contributed by atoms with Crippen LogP contribution in [0.15, 0.2) is 9.95 Å². The van der Waals surface area contributed by atoms with Gasteiger partial charge in [-0.25, -0.2) is 9.89 Å². The molecule has 18 heavy (non-hydrogen) atoms. The minimum Gasteiger partial charge on any atom is -0.270 e. The van der Waals surface area contributed by atoms with E-state index in [1.54, 1.807) is 16.3 Å². The molecule has 0 spiro atoms. The van der Waals surface area contributed by atoms with E-state index in [1.165, 1.54) is 32.1 Å². The first-order chi connectivity index (χ1) is 8.81. The molecule has 0 unspecified atom stereocenters. The lowest BCUT2D eigenvalue weighted by Crippen LogP contribution is -2.18. The van der Waals surface area contributed by atoms with Crippen molar-refractivity contribution in [3.05, 3.63) is 10.5 Å².